The predicted octanol–water partition coefficient (Wildman–Crippen LogP) is 1.82. The number of likely N-dealkylation sites (tertiary alicyclic amines) is 1. The number of halogens is 1. The third kappa shape index (κ3) is 6.79. The number of benzene rings is 2. The van der Waals surface area contributed by atoms with Gasteiger partial charge in [-0.3, -0.25) is 14.4 Å². The summed E-state index contributed by atoms with van der Waals surface area (Å²) in [6, 6.07) is 10.5. The molecule has 14 heteroatoms. The molecule has 3 aromatic rings. The minimum absolute atomic E-state index is 0.0399. The van der Waals surface area contributed by atoms with Gasteiger partial charge in [0.15, 0.2) is 5.79 Å². The third-order valence-corrected chi connectivity index (χ3v) is 8.53. The maximum Gasteiger partial charge on any atom is 0.336 e. The van der Waals surface area contributed by atoms with E-state index < -0.39 is 35.4 Å². The fourth-order valence-electron chi connectivity index (χ4n) is 5.26. The maximum atomic E-state index is 13.6. The van der Waals surface area contributed by atoms with Crippen LogP contribution in [0.4, 0.5) is 4.39 Å². The van der Waals surface area contributed by atoms with Crippen molar-refractivity contribution in [2.75, 3.05) is 33.4 Å². The summed E-state index contributed by atoms with van der Waals surface area (Å²) in [7, 11) is 1.75. The van der Waals surface area contributed by atoms with Crippen LogP contribution in [0.5, 0.6) is 0 Å². The van der Waals surface area contributed by atoms with E-state index in [1.807, 2.05) is 11.4 Å². The van der Waals surface area contributed by atoms with E-state index in [-0.39, 0.29) is 49.3 Å². The van der Waals surface area contributed by atoms with Crippen molar-refractivity contribution in [1.82, 2.24) is 20.9 Å². The Labute approximate surface area is 256 Å². The molecule has 1 unspecified atom stereocenters. The number of carbonyl (C=O) groups excluding carboxylic acids is 3. The molecule has 0 aliphatic carbocycles. The summed E-state index contributed by atoms with van der Waals surface area (Å²) in [4.78, 5) is 53.2. The number of rotatable bonds is 10. The summed E-state index contributed by atoms with van der Waals surface area (Å²) in [5.41, 5.74) is 7.69. The van der Waals surface area contributed by atoms with E-state index in [1.54, 1.807) is 19.2 Å². The maximum absolute atomic E-state index is 13.6. The summed E-state index contributed by atoms with van der Waals surface area (Å²) in [5, 5.41) is 19.8. The van der Waals surface area contributed by atoms with Gasteiger partial charge < -0.3 is 41.2 Å². The van der Waals surface area contributed by atoms with Gasteiger partial charge >= 0.3 is 5.97 Å². The van der Waals surface area contributed by atoms with Crippen molar-refractivity contribution in [2.24, 2.45) is 5.73 Å². The Bertz CT molecular complexity index is 1560. The van der Waals surface area contributed by atoms with Crippen molar-refractivity contribution in [3.05, 3.63) is 81.3 Å². The number of thiophene rings is 1. The van der Waals surface area contributed by atoms with Gasteiger partial charge in [-0.1, -0.05) is 18.2 Å². The van der Waals surface area contributed by atoms with Crippen molar-refractivity contribution in [3.8, 4) is 11.1 Å². The normalized spacial score (nSPS) is 17.9. The van der Waals surface area contributed by atoms with Crippen LogP contribution in [0.25, 0.3) is 11.1 Å². The standard InChI is InChI=1S/C30H32FN5O7S/c1-33-26(32)19-10-21(44-15-19)13-34-28(39)24-12-30(42-8-9-43-30)16-36(24)25(37)14-35-27(38)18-4-2-17(3-5-18)22-7-6-20(31)11-23(22)29(40)41/h2-7,10-11,15,24,26,33H,8-9,12-14,16,32H2,1H3,(H,34,39)(H,35,38)(H,40,41)/t24-,26?/m0/s1. The molecule has 2 aliphatic rings. The number of hydrogen-bond acceptors (Lipinski definition) is 9. The lowest BCUT2D eigenvalue weighted by Crippen LogP contribution is -2.49. The van der Waals surface area contributed by atoms with Crippen LogP contribution in [0, 0.1) is 5.82 Å². The molecule has 2 aromatic carbocycles. The van der Waals surface area contributed by atoms with Crippen LogP contribution in [0.1, 0.15) is 43.7 Å². The molecular formula is C30H32FN5O7S. The number of amides is 3. The van der Waals surface area contributed by atoms with Crippen molar-refractivity contribution in [2.45, 2.75) is 31.0 Å². The number of nitrogens with one attached hydrogen (secondary N) is 3. The molecular weight excluding hydrogens is 593 g/mol. The molecule has 2 fully saturated rings. The number of aromatic carboxylic acids is 1. The lowest BCUT2D eigenvalue weighted by molar-refractivity contribution is -0.152. The van der Waals surface area contributed by atoms with Gasteiger partial charge in [0.2, 0.25) is 11.8 Å². The summed E-state index contributed by atoms with van der Waals surface area (Å²) in [6.07, 6.45) is -0.162. The number of nitrogens with zero attached hydrogens (tertiary/aromatic N) is 1. The van der Waals surface area contributed by atoms with Gasteiger partial charge in [-0.15, -0.1) is 11.3 Å². The fourth-order valence-corrected chi connectivity index (χ4v) is 6.12. The zero-order valence-electron chi connectivity index (χ0n) is 23.8. The molecule has 0 radical (unpaired) electrons. The van der Waals surface area contributed by atoms with Gasteiger partial charge in [-0.25, -0.2) is 9.18 Å². The minimum Gasteiger partial charge on any atom is -0.478 e. The summed E-state index contributed by atoms with van der Waals surface area (Å²) in [6.45, 7) is 0.610. The highest BCUT2D eigenvalue weighted by Crippen LogP contribution is 2.35. The molecule has 1 spiro atoms. The van der Waals surface area contributed by atoms with E-state index in [4.69, 9.17) is 15.2 Å². The first-order chi connectivity index (χ1) is 21.1. The third-order valence-electron chi connectivity index (χ3n) is 7.58. The van der Waals surface area contributed by atoms with Crippen molar-refractivity contribution in [3.63, 3.8) is 0 Å². The van der Waals surface area contributed by atoms with Crippen LogP contribution in [-0.4, -0.2) is 78.9 Å². The summed E-state index contributed by atoms with van der Waals surface area (Å²) in [5.74, 6) is -4.43. The lowest BCUT2D eigenvalue weighted by Gasteiger charge is -2.24. The van der Waals surface area contributed by atoms with E-state index in [0.717, 1.165) is 22.6 Å². The highest BCUT2D eigenvalue weighted by atomic mass is 32.1. The zero-order valence-corrected chi connectivity index (χ0v) is 24.6. The Morgan fingerprint density at radius 3 is 2.52 bits per heavy atom. The molecule has 232 valence electrons. The minimum atomic E-state index is -1.28. The van der Waals surface area contributed by atoms with Gasteiger partial charge in [0.05, 0.1) is 44.6 Å². The van der Waals surface area contributed by atoms with Crippen molar-refractivity contribution < 1.29 is 38.1 Å². The molecule has 2 atom stereocenters. The first-order valence-corrected chi connectivity index (χ1v) is 14.7. The van der Waals surface area contributed by atoms with Crippen LogP contribution >= 0.6 is 11.3 Å². The van der Waals surface area contributed by atoms with Gasteiger partial charge in [0.25, 0.3) is 5.91 Å². The van der Waals surface area contributed by atoms with Crippen LogP contribution in [0.15, 0.2) is 53.9 Å². The molecule has 0 bridgehead atoms. The Balaban J connectivity index is 1.22. The first-order valence-electron chi connectivity index (χ1n) is 13.9. The molecule has 3 heterocycles. The Morgan fingerprint density at radius 2 is 1.84 bits per heavy atom. The second-order valence-corrected chi connectivity index (χ2v) is 11.4. The second-order valence-electron chi connectivity index (χ2n) is 10.4. The molecule has 12 nitrogen and oxygen atoms in total. The van der Waals surface area contributed by atoms with Gasteiger partial charge in [-0.05, 0) is 59.4 Å². The molecule has 2 saturated heterocycles. The Morgan fingerprint density at radius 1 is 1.11 bits per heavy atom. The van der Waals surface area contributed by atoms with E-state index in [1.165, 1.54) is 34.4 Å². The van der Waals surface area contributed by atoms with Crippen LogP contribution in [0.2, 0.25) is 0 Å². The van der Waals surface area contributed by atoms with E-state index in [0.29, 0.717) is 24.3 Å². The number of nitrogens with two attached hydrogens (primary N) is 1. The smallest absolute Gasteiger partial charge is 0.336 e. The number of carboxylic acids is 1. The Hall–Kier alpha value is -4.21. The average Bonchev–Trinajstić information content (AvgIpc) is 3.79. The summed E-state index contributed by atoms with van der Waals surface area (Å²) < 4.78 is 25.1. The lowest BCUT2D eigenvalue weighted by atomic mass is 9.98. The van der Waals surface area contributed by atoms with Gasteiger partial charge in [0.1, 0.15) is 11.9 Å². The van der Waals surface area contributed by atoms with E-state index >= 15 is 0 Å². The van der Waals surface area contributed by atoms with Crippen LogP contribution in [0.3, 0.4) is 0 Å². The number of hydrogen-bond donors (Lipinski definition) is 5. The highest BCUT2D eigenvalue weighted by molar-refractivity contribution is 7.10. The second kappa shape index (κ2) is 13.2. The highest BCUT2D eigenvalue weighted by Gasteiger charge is 2.52. The molecule has 0 saturated carbocycles. The largest absolute Gasteiger partial charge is 0.478 e. The van der Waals surface area contributed by atoms with Crippen molar-refractivity contribution >= 4 is 35.0 Å². The van der Waals surface area contributed by atoms with E-state index in [2.05, 4.69) is 16.0 Å². The van der Waals surface area contributed by atoms with Crippen LogP contribution < -0.4 is 21.7 Å². The fraction of sp³-hybridized carbons (Fsp3) is 0.333. The van der Waals surface area contributed by atoms with Gasteiger partial charge in [0, 0.05) is 16.9 Å². The molecule has 3 amide bonds. The molecule has 5 rings (SSSR count). The average molecular weight is 626 g/mol. The number of carboxylic acid groups (broad SMARTS) is 1. The van der Waals surface area contributed by atoms with Crippen molar-refractivity contribution in [1.29, 1.82) is 0 Å². The molecule has 44 heavy (non-hydrogen) atoms. The summed E-state index contributed by atoms with van der Waals surface area (Å²) >= 11 is 1.46. The first kappa shape index (κ1) is 31.2. The SMILES string of the molecule is CNC(N)c1csc(CNC(=O)[C@@H]2CC3(CN2C(=O)CNC(=O)c2ccc(-c4ccc(F)cc4C(=O)O)cc2)OCCO3)c1. The molecule has 2 aliphatic heterocycles. The number of carbonyl (C=O) groups is 4. The van der Waals surface area contributed by atoms with Crippen LogP contribution in [-0.2, 0) is 25.6 Å². The quantitative estimate of drug-likeness (QED) is 0.211. The monoisotopic (exact) mass is 625 g/mol. The predicted molar refractivity (Wildman–Crippen MR) is 158 cm³/mol. The van der Waals surface area contributed by atoms with E-state index in [9.17, 15) is 28.7 Å². The van der Waals surface area contributed by atoms with Gasteiger partial charge in [-0.2, -0.15) is 0 Å². The molecule has 1 aromatic heterocycles. The zero-order chi connectivity index (χ0) is 31.4. The molecule has 6 N–H and O–H groups in total. The number of ether oxygens (including phenoxy) is 2. The topological polar surface area (TPSA) is 172 Å². The Kier molecular flexibility index (Phi) is 9.36.